The third kappa shape index (κ3) is 5.08. The molecule has 0 atom stereocenters. The first kappa shape index (κ1) is 31.5. The van der Waals surface area contributed by atoms with Gasteiger partial charge in [-0.25, -0.2) is 15.0 Å². The zero-order valence-corrected chi connectivity index (χ0v) is 30.4. The molecule has 8 aromatic carbocycles. The Morgan fingerprint density at radius 2 is 0.789 bits per heavy atom. The normalized spacial score (nSPS) is 11.9. The molecular weight excluding hydrogens is 701 g/mol. The molecule has 0 unspecified atom stereocenters. The van der Waals surface area contributed by atoms with Crippen molar-refractivity contribution in [3.05, 3.63) is 182 Å². The van der Waals surface area contributed by atoms with E-state index in [1.165, 1.54) is 16.5 Å². The summed E-state index contributed by atoms with van der Waals surface area (Å²) in [6.45, 7) is 0. The summed E-state index contributed by atoms with van der Waals surface area (Å²) >= 11 is 0. The molecule has 0 amide bonds. The average molecular weight is 731 g/mol. The van der Waals surface area contributed by atoms with Gasteiger partial charge in [0, 0.05) is 54.7 Å². The van der Waals surface area contributed by atoms with Crippen LogP contribution in [0.5, 0.6) is 0 Å². The van der Waals surface area contributed by atoms with Crippen LogP contribution in [0.15, 0.2) is 191 Å². The minimum Gasteiger partial charge on any atom is -0.456 e. The van der Waals surface area contributed by atoms with Crippen molar-refractivity contribution in [1.82, 2.24) is 19.5 Å². The van der Waals surface area contributed by atoms with E-state index in [2.05, 4.69) is 120 Å². The second-order valence-electron chi connectivity index (χ2n) is 14.4. The van der Waals surface area contributed by atoms with Gasteiger partial charge in [-0.3, -0.25) is 0 Å². The average Bonchev–Trinajstić information content (AvgIpc) is 3.94. The van der Waals surface area contributed by atoms with E-state index in [0.29, 0.717) is 17.5 Å². The van der Waals surface area contributed by atoms with E-state index in [-0.39, 0.29) is 0 Å². The highest BCUT2D eigenvalue weighted by molar-refractivity contribution is 6.17. The molecule has 0 fully saturated rings. The molecule has 57 heavy (non-hydrogen) atoms. The third-order valence-electron chi connectivity index (χ3n) is 11.1. The molecule has 0 N–H and O–H groups in total. The molecule has 12 aromatic rings. The van der Waals surface area contributed by atoms with Crippen molar-refractivity contribution in [1.29, 1.82) is 0 Å². The standard InChI is InChI=1S/C51H30N4O2/c1-3-11-31(12-4-1)32-19-23-36(24-20-32)55-43-17-9-7-15-37(43)41-30-48-42(29-44(41)55)40-26-22-35(28-47(40)57-48)51-53-49(33-13-5-2-6-14-33)52-50(54-51)34-21-25-39-38-16-8-10-18-45(38)56-46(39)27-34/h1-30H. The molecular formula is C51H30N4O2. The number of para-hydroxylation sites is 2. The Kier molecular flexibility index (Phi) is 6.83. The fraction of sp³-hybridized carbons (Fsp3) is 0. The van der Waals surface area contributed by atoms with E-state index in [4.69, 9.17) is 23.8 Å². The molecule has 0 saturated carbocycles. The van der Waals surface area contributed by atoms with Crippen molar-refractivity contribution in [3.8, 4) is 51.0 Å². The van der Waals surface area contributed by atoms with Crippen LogP contribution in [-0.4, -0.2) is 19.5 Å². The number of aromatic nitrogens is 4. The molecule has 0 spiro atoms. The van der Waals surface area contributed by atoms with Crippen molar-refractivity contribution in [2.24, 2.45) is 0 Å². The van der Waals surface area contributed by atoms with Crippen LogP contribution in [0.4, 0.5) is 0 Å². The summed E-state index contributed by atoms with van der Waals surface area (Å²) < 4.78 is 15.3. The molecule has 266 valence electrons. The second kappa shape index (κ2) is 12.3. The van der Waals surface area contributed by atoms with Crippen molar-refractivity contribution < 1.29 is 8.83 Å². The second-order valence-corrected chi connectivity index (χ2v) is 14.4. The molecule has 0 bridgehead atoms. The Labute approximate surface area is 325 Å². The highest BCUT2D eigenvalue weighted by Crippen LogP contribution is 2.40. The van der Waals surface area contributed by atoms with Crippen LogP contribution in [0.1, 0.15) is 0 Å². The third-order valence-corrected chi connectivity index (χ3v) is 11.1. The summed E-state index contributed by atoms with van der Waals surface area (Å²) in [5, 5.41) is 6.53. The topological polar surface area (TPSA) is 69.9 Å². The number of rotatable bonds is 5. The predicted octanol–water partition coefficient (Wildman–Crippen LogP) is 13.4. The smallest absolute Gasteiger partial charge is 0.164 e. The first-order valence-electron chi connectivity index (χ1n) is 19.0. The fourth-order valence-electron chi connectivity index (χ4n) is 8.30. The maximum Gasteiger partial charge on any atom is 0.164 e. The zero-order valence-electron chi connectivity index (χ0n) is 30.4. The van der Waals surface area contributed by atoms with Crippen LogP contribution in [0, 0.1) is 0 Å². The van der Waals surface area contributed by atoms with Crippen LogP contribution in [0.3, 0.4) is 0 Å². The summed E-state index contributed by atoms with van der Waals surface area (Å²) in [4.78, 5) is 15.0. The van der Waals surface area contributed by atoms with Gasteiger partial charge in [0.1, 0.15) is 22.3 Å². The summed E-state index contributed by atoms with van der Waals surface area (Å²) in [5.41, 5.74) is 11.6. The first-order valence-corrected chi connectivity index (χ1v) is 19.0. The molecule has 4 heterocycles. The molecule has 12 rings (SSSR count). The molecule has 0 aliphatic rings. The molecule has 6 nitrogen and oxygen atoms in total. The summed E-state index contributed by atoms with van der Waals surface area (Å²) in [5.74, 6) is 1.72. The lowest BCUT2D eigenvalue weighted by Gasteiger charge is -2.09. The number of hydrogen-bond acceptors (Lipinski definition) is 5. The predicted molar refractivity (Wildman–Crippen MR) is 230 cm³/mol. The Balaban J connectivity index is 0.998. The lowest BCUT2D eigenvalue weighted by molar-refractivity contribution is 0.669. The van der Waals surface area contributed by atoms with Crippen LogP contribution in [0.2, 0.25) is 0 Å². The Morgan fingerprint density at radius 3 is 1.49 bits per heavy atom. The van der Waals surface area contributed by atoms with Gasteiger partial charge in [-0.2, -0.15) is 0 Å². The van der Waals surface area contributed by atoms with E-state index in [1.54, 1.807) is 0 Å². The van der Waals surface area contributed by atoms with Crippen LogP contribution in [0.25, 0.3) is 117 Å². The van der Waals surface area contributed by atoms with Gasteiger partial charge in [0.15, 0.2) is 17.5 Å². The summed E-state index contributed by atoms with van der Waals surface area (Å²) in [6, 6.07) is 62.9. The maximum absolute atomic E-state index is 6.67. The molecule has 0 radical (unpaired) electrons. The van der Waals surface area contributed by atoms with Gasteiger partial charge in [0.05, 0.1) is 11.0 Å². The van der Waals surface area contributed by atoms with Gasteiger partial charge in [0.25, 0.3) is 0 Å². The quantitative estimate of drug-likeness (QED) is 0.176. The van der Waals surface area contributed by atoms with Crippen molar-refractivity contribution in [2.75, 3.05) is 0 Å². The SMILES string of the molecule is c1ccc(-c2ccc(-n3c4ccccc4c4cc5oc6cc(-c7nc(-c8ccccc8)nc(-c8ccc9c(c8)oc8ccccc89)n7)ccc6c5cc43)cc2)cc1. The van der Waals surface area contributed by atoms with Gasteiger partial charge >= 0.3 is 0 Å². The number of nitrogens with zero attached hydrogens (tertiary/aromatic N) is 4. The number of hydrogen-bond donors (Lipinski definition) is 0. The highest BCUT2D eigenvalue weighted by atomic mass is 16.3. The van der Waals surface area contributed by atoms with Crippen molar-refractivity contribution in [2.45, 2.75) is 0 Å². The Morgan fingerprint density at radius 1 is 0.298 bits per heavy atom. The van der Waals surface area contributed by atoms with Crippen molar-refractivity contribution in [3.63, 3.8) is 0 Å². The molecule has 4 aromatic heterocycles. The Bertz CT molecular complexity index is 3510. The number of fused-ring (bicyclic) bond motifs is 9. The van der Waals surface area contributed by atoms with E-state index in [9.17, 15) is 0 Å². The highest BCUT2D eigenvalue weighted by Gasteiger charge is 2.19. The maximum atomic E-state index is 6.67. The molecule has 0 aliphatic carbocycles. The number of benzene rings is 8. The minimum absolute atomic E-state index is 0.562. The van der Waals surface area contributed by atoms with Crippen LogP contribution < -0.4 is 0 Å². The van der Waals surface area contributed by atoms with Gasteiger partial charge in [-0.15, -0.1) is 0 Å². The molecule has 0 saturated heterocycles. The molecule has 6 heteroatoms. The van der Waals surface area contributed by atoms with Gasteiger partial charge in [-0.05, 0) is 71.8 Å². The van der Waals surface area contributed by atoms with Gasteiger partial charge < -0.3 is 13.4 Å². The van der Waals surface area contributed by atoms with E-state index in [0.717, 1.165) is 82.7 Å². The number of furan rings is 2. The first-order chi connectivity index (χ1) is 28.2. The van der Waals surface area contributed by atoms with Gasteiger partial charge in [0.2, 0.25) is 0 Å². The van der Waals surface area contributed by atoms with Gasteiger partial charge in [-0.1, -0.05) is 121 Å². The largest absolute Gasteiger partial charge is 0.456 e. The summed E-state index contributed by atoms with van der Waals surface area (Å²) in [7, 11) is 0. The fourth-order valence-corrected chi connectivity index (χ4v) is 8.30. The lowest BCUT2D eigenvalue weighted by Crippen LogP contribution is -2.00. The van der Waals surface area contributed by atoms with Crippen molar-refractivity contribution >= 4 is 65.7 Å². The molecule has 0 aliphatic heterocycles. The van der Waals surface area contributed by atoms with E-state index < -0.39 is 0 Å². The Hall–Kier alpha value is -7.83. The summed E-state index contributed by atoms with van der Waals surface area (Å²) in [6.07, 6.45) is 0. The van der Waals surface area contributed by atoms with Crippen LogP contribution >= 0.6 is 0 Å². The van der Waals surface area contributed by atoms with E-state index >= 15 is 0 Å². The van der Waals surface area contributed by atoms with Crippen LogP contribution in [-0.2, 0) is 0 Å². The lowest BCUT2D eigenvalue weighted by atomic mass is 10.1. The van der Waals surface area contributed by atoms with E-state index in [1.807, 2.05) is 66.7 Å². The monoisotopic (exact) mass is 730 g/mol. The zero-order chi connectivity index (χ0) is 37.5. The minimum atomic E-state index is 0.562.